The zero-order valence-corrected chi connectivity index (χ0v) is 11.3. The van der Waals surface area contributed by atoms with Crippen molar-refractivity contribution >= 4 is 21.7 Å². The molecule has 1 nitrogen and oxygen atoms in total. The summed E-state index contributed by atoms with van der Waals surface area (Å²) in [7, 11) is 0. The van der Waals surface area contributed by atoms with Crippen LogP contribution in [0.3, 0.4) is 0 Å². The SMILES string of the molecule is CCC(Br)C(=O)c1c(C)cc(C)cc1C. The van der Waals surface area contributed by atoms with Gasteiger partial charge in [-0.25, -0.2) is 0 Å². The van der Waals surface area contributed by atoms with Crippen LogP contribution < -0.4 is 0 Å². The molecule has 15 heavy (non-hydrogen) atoms. The number of carbonyl (C=O) groups is 1. The first-order valence-electron chi connectivity index (χ1n) is 5.23. The Morgan fingerprint density at radius 3 is 2.13 bits per heavy atom. The fourth-order valence-electron chi connectivity index (χ4n) is 1.91. The van der Waals surface area contributed by atoms with Gasteiger partial charge in [-0.15, -0.1) is 0 Å². The summed E-state index contributed by atoms with van der Waals surface area (Å²) in [6.07, 6.45) is 0.825. The molecule has 0 aromatic heterocycles. The van der Waals surface area contributed by atoms with E-state index in [-0.39, 0.29) is 10.6 Å². The summed E-state index contributed by atoms with van der Waals surface area (Å²) in [5.74, 6) is 0.201. The molecule has 1 atom stereocenters. The molecule has 0 bridgehead atoms. The predicted molar refractivity (Wildman–Crippen MR) is 68.0 cm³/mol. The van der Waals surface area contributed by atoms with Crippen LogP contribution in [-0.2, 0) is 0 Å². The van der Waals surface area contributed by atoms with Gasteiger partial charge < -0.3 is 0 Å². The van der Waals surface area contributed by atoms with Gasteiger partial charge in [-0.1, -0.05) is 40.5 Å². The fourth-order valence-corrected chi connectivity index (χ4v) is 2.14. The van der Waals surface area contributed by atoms with Crippen molar-refractivity contribution in [1.29, 1.82) is 0 Å². The van der Waals surface area contributed by atoms with Crippen molar-refractivity contribution < 1.29 is 4.79 Å². The van der Waals surface area contributed by atoms with Crippen molar-refractivity contribution in [3.63, 3.8) is 0 Å². The summed E-state index contributed by atoms with van der Waals surface area (Å²) in [5, 5.41) is 0. The summed E-state index contributed by atoms with van der Waals surface area (Å²) in [4.78, 5) is 12.0. The Morgan fingerprint density at radius 1 is 1.27 bits per heavy atom. The topological polar surface area (TPSA) is 17.1 Å². The molecule has 0 aliphatic carbocycles. The van der Waals surface area contributed by atoms with Crippen LogP contribution in [-0.4, -0.2) is 10.6 Å². The Bertz CT molecular complexity index is 359. The average Bonchev–Trinajstić information content (AvgIpc) is 2.14. The number of carbonyl (C=O) groups excluding carboxylic acids is 1. The maximum Gasteiger partial charge on any atom is 0.176 e. The lowest BCUT2D eigenvalue weighted by Crippen LogP contribution is -2.16. The normalized spacial score (nSPS) is 12.6. The van der Waals surface area contributed by atoms with E-state index >= 15 is 0 Å². The van der Waals surface area contributed by atoms with Crippen LogP contribution in [0.4, 0.5) is 0 Å². The van der Waals surface area contributed by atoms with Crippen molar-refractivity contribution in [2.45, 2.75) is 38.9 Å². The molecule has 1 aromatic rings. The van der Waals surface area contributed by atoms with E-state index in [1.807, 2.05) is 20.8 Å². The Morgan fingerprint density at radius 2 is 1.73 bits per heavy atom. The van der Waals surface area contributed by atoms with Crippen LogP contribution in [0.2, 0.25) is 0 Å². The van der Waals surface area contributed by atoms with Gasteiger partial charge in [0.15, 0.2) is 5.78 Å². The van der Waals surface area contributed by atoms with E-state index in [0.717, 1.165) is 23.1 Å². The average molecular weight is 269 g/mol. The number of ketones is 1. The molecular formula is C13H17BrO. The second-order valence-corrected chi connectivity index (χ2v) is 5.12. The van der Waals surface area contributed by atoms with Crippen LogP contribution in [0.1, 0.15) is 40.4 Å². The van der Waals surface area contributed by atoms with Gasteiger partial charge in [0.25, 0.3) is 0 Å². The fraction of sp³-hybridized carbons (Fsp3) is 0.462. The van der Waals surface area contributed by atoms with Crippen molar-refractivity contribution in [3.05, 3.63) is 34.4 Å². The highest BCUT2D eigenvalue weighted by Gasteiger charge is 2.18. The van der Waals surface area contributed by atoms with Gasteiger partial charge in [0, 0.05) is 5.56 Å². The molecule has 1 unspecified atom stereocenters. The van der Waals surface area contributed by atoms with Gasteiger partial charge in [-0.3, -0.25) is 4.79 Å². The molecule has 1 aromatic carbocycles. The predicted octanol–water partition coefficient (Wildman–Crippen LogP) is 3.97. The molecule has 0 heterocycles. The standard InChI is InChI=1S/C13H17BrO/c1-5-11(14)13(15)12-9(3)6-8(2)7-10(12)4/h6-7,11H,5H2,1-4H3. The first kappa shape index (κ1) is 12.4. The third-order valence-electron chi connectivity index (χ3n) is 2.57. The second kappa shape index (κ2) is 4.93. The monoisotopic (exact) mass is 268 g/mol. The molecule has 0 saturated carbocycles. The summed E-state index contributed by atoms with van der Waals surface area (Å²) in [6, 6.07) is 4.13. The number of aryl methyl sites for hydroxylation is 3. The van der Waals surface area contributed by atoms with Crippen molar-refractivity contribution in [2.24, 2.45) is 0 Å². The Balaban J connectivity index is 3.20. The molecule has 0 amide bonds. The Kier molecular flexibility index (Phi) is 4.09. The van der Waals surface area contributed by atoms with Gasteiger partial charge in [0.2, 0.25) is 0 Å². The molecule has 0 radical (unpaired) electrons. The Hall–Kier alpha value is -0.630. The van der Waals surface area contributed by atoms with E-state index in [2.05, 4.69) is 35.0 Å². The summed E-state index contributed by atoms with van der Waals surface area (Å²) in [6.45, 7) is 8.07. The zero-order valence-electron chi connectivity index (χ0n) is 9.73. The minimum absolute atomic E-state index is 0.0578. The molecule has 82 valence electrons. The van der Waals surface area contributed by atoms with Gasteiger partial charge in [0.05, 0.1) is 4.83 Å². The number of Topliss-reactive ketones (excluding diaryl/α,β-unsaturated/α-hetero) is 1. The molecule has 0 fully saturated rings. The highest BCUT2D eigenvalue weighted by molar-refractivity contribution is 9.10. The number of benzene rings is 1. The number of alkyl halides is 1. The zero-order chi connectivity index (χ0) is 11.6. The number of rotatable bonds is 3. The summed E-state index contributed by atoms with van der Waals surface area (Å²) >= 11 is 3.42. The lowest BCUT2D eigenvalue weighted by Gasteiger charge is -2.12. The Labute approximate surface area is 100 Å². The minimum atomic E-state index is -0.0578. The van der Waals surface area contributed by atoms with Crippen LogP contribution in [0.25, 0.3) is 0 Å². The molecule has 0 aliphatic rings. The minimum Gasteiger partial charge on any atom is -0.293 e. The molecule has 2 heteroatoms. The van der Waals surface area contributed by atoms with Crippen molar-refractivity contribution in [2.75, 3.05) is 0 Å². The smallest absolute Gasteiger partial charge is 0.176 e. The van der Waals surface area contributed by atoms with Gasteiger partial charge in [-0.05, 0) is 38.3 Å². The highest BCUT2D eigenvalue weighted by Crippen LogP contribution is 2.21. The molecule has 1 rings (SSSR count). The van der Waals surface area contributed by atoms with E-state index in [9.17, 15) is 4.79 Å². The molecule has 0 aliphatic heterocycles. The van der Waals surface area contributed by atoms with E-state index in [0.29, 0.717) is 0 Å². The highest BCUT2D eigenvalue weighted by atomic mass is 79.9. The number of hydrogen-bond acceptors (Lipinski definition) is 1. The van der Waals surface area contributed by atoms with Crippen LogP contribution >= 0.6 is 15.9 Å². The number of halogens is 1. The largest absolute Gasteiger partial charge is 0.293 e. The third-order valence-corrected chi connectivity index (χ3v) is 3.63. The van der Waals surface area contributed by atoms with Crippen molar-refractivity contribution in [1.82, 2.24) is 0 Å². The van der Waals surface area contributed by atoms with Gasteiger partial charge >= 0.3 is 0 Å². The first-order chi connectivity index (χ1) is 6.97. The number of hydrogen-bond donors (Lipinski definition) is 0. The molecule has 0 spiro atoms. The molecule has 0 saturated heterocycles. The van der Waals surface area contributed by atoms with Gasteiger partial charge in [-0.2, -0.15) is 0 Å². The molecule has 0 N–H and O–H groups in total. The second-order valence-electron chi connectivity index (χ2n) is 4.01. The summed E-state index contributed by atoms with van der Waals surface area (Å²) < 4.78 is 0. The van der Waals surface area contributed by atoms with Crippen LogP contribution in [0.15, 0.2) is 12.1 Å². The molecular weight excluding hydrogens is 252 g/mol. The van der Waals surface area contributed by atoms with Crippen LogP contribution in [0, 0.1) is 20.8 Å². The van der Waals surface area contributed by atoms with E-state index < -0.39 is 0 Å². The van der Waals surface area contributed by atoms with E-state index in [4.69, 9.17) is 0 Å². The quantitative estimate of drug-likeness (QED) is 0.599. The summed E-state index contributed by atoms with van der Waals surface area (Å²) in [5.41, 5.74) is 4.25. The third kappa shape index (κ3) is 2.69. The van der Waals surface area contributed by atoms with E-state index in [1.54, 1.807) is 0 Å². The van der Waals surface area contributed by atoms with Crippen molar-refractivity contribution in [3.8, 4) is 0 Å². The lowest BCUT2D eigenvalue weighted by molar-refractivity contribution is 0.0989. The maximum atomic E-state index is 12.1. The lowest BCUT2D eigenvalue weighted by atomic mass is 9.95. The van der Waals surface area contributed by atoms with E-state index in [1.165, 1.54) is 5.56 Å². The van der Waals surface area contributed by atoms with Crippen LogP contribution in [0.5, 0.6) is 0 Å². The van der Waals surface area contributed by atoms with Gasteiger partial charge in [0.1, 0.15) is 0 Å². The first-order valence-corrected chi connectivity index (χ1v) is 6.15. The maximum absolute atomic E-state index is 12.1.